The van der Waals surface area contributed by atoms with Crippen LogP contribution < -0.4 is 15.9 Å². The van der Waals surface area contributed by atoms with Crippen molar-refractivity contribution >= 4 is 32.0 Å². The van der Waals surface area contributed by atoms with Crippen LogP contribution in [0.1, 0.15) is 85.9 Å². The first-order valence-electron chi connectivity index (χ1n) is 12.7. The van der Waals surface area contributed by atoms with E-state index < -0.39 is 16.1 Å². The maximum absolute atomic E-state index is 12.3. The van der Waals surface area contributed by atoms with Gasteiger partial charge in [-0.25, -0.2) is 0 Å². The Morgan fingerprint density at radius 3 is 1.29 bits per heavy atom. The van der Waals surface area contributed by atoms with Crippen LogP contribution >= 0.6 is 16.1 Å². The first-order chi connectivity index (χ1) is 16.1. The van der Waals surface area contributed by atoms with Gasteiger partial charge >= 0.3 is 0 Å². The molecule has 0 bridgehead atoms. The second-order valence-corrected chi connectivity index (χ2v) is 17.6. The zero-order valence-corrected chi connectivity index (χ0v) is 25.1. The topological polar surface area (TPSA) is 20.2 Å². The number of rotatable bonds is 5. The molecule has 3 rings (SSSR count). The van der Waals surface area contributed by atoms with Gasteiger partial charge in [0, 0.05) is 10.7 Å². The van der Waals surface area contributed by atoms with Crippen LogP contribution in [0.3, 0.4) is 0 Å². The molecule has 3 aromatic carbocycles. The Morgan fingerprint density at radius 1 is 0.600 bits per heavy atom. The fourth-order valence-corrected chi connectivity index (χ4v) is 10.3. The first kappa shape index (κ1) is 28.1. The van der Waals surface area contributed by atoms with Gasteiger partial charge in [-0.2, -0.15) is 0 Å². The summed E-state index contributed by atoms with van der Waals surface area (Å²) in [6, 6.07) is 26.4. The third kappa shape index (κ3) is 6.43. The zero-order chi connectivity index (χ0) is 26.2. The van der Waals surface area contributed by atoms with Gasteiger partial charge in [-0.15, -0.1) is 0 Å². The van der Waals surface area contributed by atoms with Crippen LogP contribution in [0.5, 0.6) is 0 Å². The predicted molar refractivity (Wildman–Crippen MR) is 160 cm³/mol. The summed E-state index contributed by atoms with van der Waals surface area (Å²) in [6.45, 7) is 22.9. The Hall–Kier alpha value is -1.52. The number of benzene rings is 3. The molecular formula is C32H44OP2. The molecule has 0 spiro atoms. The van der Waals surface area contributed by atoms with Crippen molar-refractivity contribution in [3.8, 4) is 0 Å². The molecule has 0 amide bonds. The standard InChI is InChI=1S/C32H44OP2/c1-23(34(25-17-13-11-14-18-25)26-19-15-12-16-20-26)35(33)29-27(31(5,6)7)21-24(30(2,3)4)22-28(29)32(8,9)10/h11-23,33H,1-10H3. The quantitative estimate of drug-likeness (QED) is 0.347. The van der Waals surface area contributed by atoms with E-state index in [1.807, 2.05) is 0 Å². The van der Waals surface area contributed by atoms with Gasteiger partial charge in [-0.05, 0) is 51.5 Å². The minimum atomic E-state index is -1.41. The highest BCUT2D eigenvalue weighted by Gasteiger charge is 2.36. The minimum absolute atomic E-state index is 0.0447. The van der Waals surface area contributed by atoms with E-state index >= 15 is 0 Å². The smallest absolute Gasteiger partial charge is 0.0648 e. The fraction of sp³-hybridized carbons (Fsp3) is 0.438. The first-order valence-corrected chi connectivity index (χ1v) is 15.5. The van der Waals surface area contributed by atoms with Gasteiger partial charge < -0.3 is 4.89 Å². The van der Waals surface area contributed by atoms with Crippen molar-refractivity contribution in [2.75, 3.05) is 0 Å². The molecule has 0 saturated carbocycles. The highest BCUT2D eigenvalue weighted by Crippen LogP contribution is 2.56. The number of hydrogen-bond acceptors (Lipinski definition) is 1. The van der Waals surface area contributed by atoms with E-state index in [-0.39, 0.29) is 21.6 Å². The van der Waals surface area contributed by atoms with Crippen LogP contribution in [0.4, 0.5) is 0 Å². The molecule has 0 radical (unpaired) electrons. The van der Waals surface area contributed by atoms with Gasteiger partial charge in [0.05, 0.1) is 8.15 Å². The molecule has 2 unspecified atom stereocenters. The van der Waals surface area contributed by atoms with Crippen LogP contribution in [-0.4, -0.2) is 10.3 Å². The summed E-state index contributed by atoms with van der Waals surface area (Å²) in [7, 11) is -2.14. The second kappa shape index (κ2) is 10.5. The third-order valence-corrected chi connectivity index (χ3v) is 12.1. The molecule has 0 saturated heterocycles. The molecule has 0 aliphatic rings. The molecular weight excluding hydrogens is 462 g/mol. The lowest BCUT2D eigenvalue weighted by atomic mass is 9.75. The zero-order valence-electron chi connectivity index (χ0n) is 23.3. The maximum atomic E-state index is 12.3. The van der Waals surface area contributed by atoms with Gasteiger partial charge in [0.1, 0.15) is 0 Å². The van der Waals surface area contributed by atoms with Crippen molar-refractivity contribution in [1.29, 1.82) is 0 Å². The van der Waals surface area contributed by atoms with Crippen molar-refractivity contribution in [3.63, 3.8) is 0 Å². The van der Waals surface area contributed by atoms with E-state index in [1.165, 1.54) is 32.6 Å². The van der Waals surface area contributed by atoms with Crippen molar-refractivity contribution in [2.24, 2.45) is 0 Å². The highest BCUT2D eigenvalue weighted by atomic mass is 31.2. The SMILES string of the molecule is CC(P(O)c1c(C(C)(C)C)cc(C(C)(C)C)cc1C(C)(C)C)P(c1ccccc1)c1ccccc1. The van der Waals surface area contributed by atoms with Crippen LogP contribution in [-0.2, 0) is 16.2 Å². The second-order valence-electron chi connectivity index (χ2n) is 12.7. The molecule has 0 heterocycles. The van der Waals surface area contributed by atoms with E-state index in [1.54, 1.807) is 0 Å². The molecule has 0 aromatic heterocycles. The third-order valence-electron chi connectivity index (χ3n) is 6.62. The summed E-state index contributed by atoms with van der Waals surface area (Å²) in [5.74, 6) is 0. The summed E-state index contributed by atoms with van der Waals surface area (Å²) in [5, 5.41) is 3.96. The number of hydrogen-bond donors (Lipinski definition) is 1. The highest BCUT2D eigenvalue weighted by molar-refractivity contribution is 7.84. The van der Waals surface area contributed by atoms with Gasteiger partial charge in [0.2, 0.25) is 0 Å². The Bertz CT molecular complexity index is 1040. The average molecular weight is 507 g/mol. The van der Waals surface area contributed by atoms with E-state index in [4.69, 9.17) is 0 Å². The largest absolute Gasteiger partial charge is 0.368 e. The lowest BCUT2D eigenvalue weighted by Crippen LogP contribution is -2.34. The summed E-state index contributed by atoms with van der Waals surface area (Å²) in [6.07, 6.45) is 0. The monoisotopic (exact) mass is 506 g/mol. The van der Waals surface area contributed by atoms with E-state index in [0.717, 1.165) is 0 Å². The summed E-state index contributed by atoms with van der Waals surface area (Å²) < 4.78 is 0. The summed E-state index contributed by atoms with van der Waals surface area (Å²) >= 11 is 0. The van der Waals surface area contributed by atoms with E-state index in [0.29, 0.717) is 0 Å². The van der Waals surface area contributed by atoms with Gasteiger partial charge in [-0.3, -0.25) is 0 Å². The Balaban J connectivity index is 2.27. The molecule has 1 N–H and O–H groups in total. The van der Waals surface area contributed by atoms with E-state index in [9.17, 15) is 4.89 Å². The Morgan fingerprint density at radius 2 is 0.971 bits per heavy atom. The van der Waals surface area contributed by atoms with Crippen molar-refractivity contribution in [3.05, 3.63) is 89.5 Å². The average Bonchev–Trinajstić information content (AvgIpc) is 2.77. The van der Waals surface area contributed by atoms with Gasteiger partial charge in [-0.1, -0.05) is 142 Å². The van der Waals surface area contributed by atoms with Crippen LogP contribution in [0.25, 0.3) is 0 Å². The van der Waals surface area contributed by atoms with Crippen molar-refractivity contribution < 1.29 is 4.89 Å². The fourth-order valence-electron chi connectivity index (χ4n) is 4.51. The molecule has 1 nitrogen and oxygen atoms in total. The predicted octanol–water partition coefficient (Wildman–Crippen LogP) is 8.07. The molecule has 0 aliphatic carbocycles. The lowest BCUT2D eigenvalue weighted by molar-refractivity contribution is 0.550. The van der Waals surface area contributed by atoms with Gasteiger partial charge in [0.15, 0.2) is 0 Å². The maximum Gasteiger partial charge on any atom is 0.0648 e. The molecule has 0 aliphatic heterocycles. The normalized spacial score (nSPS) is 14.7. The van der Waals surface area contributed by atoms with Gasteiger partial charge in [0.25, 0.3) is 0 Å². The molecule has 3 heteroatoms. The molecule has 35 heavy (non-hydrogen) atoms. The molecule has 188 valence electrons. The lowest BCUT2D eigenvalue weighted by Gasteiger charge is -2.38. The van der Waals surface area contributed by atoms with Crippen LogP contribution in [0.15, 0.2) is 72.8 Å². The van der Waals surface area contributed by atoms with Crippen molar-refractivity contribution in [2.45, 2.75) is 90.9 Å². The summed E-state index contributed by atoms with van der Waals surface area (Å²) in [5.41, 5.74) is 3.85. The molecule has 0 fully saturated rings. The van der Waals surface area contributed by atoms with E-state index in [2.05, 4.69) is 142 Å². The summed E-state index contributed by atoms with van der Waals surface area (Å²) in [4.78, 5) is 12.3. The molecule has 2 atom stereocenters. The minimum Gasteiger partial charge on any atom is -0.368 e. The van der Waals surface area contributed by atoms with Crippen LogP contribution in [0, 0.1) is 0 Å². The Labute approximate surface area is 217 Å². The van der Waals surface area contributed by atoms with Crippen molar-refractivity contribution in [1.82, 2.24) is 0 Å². The Kier molecular flexibility index (Phi) is 8.38. The van der Waals surface area contributed by atoms with Crippen LogP contribution in [0.2, 0.25) is 0 Å². The molecule has 3 aromatic rings.